The normalized spacial score (nSPS) is 14.8. The molecule has 10 nitrogen and oxygen atoms in total. The van der Waals surface area contributed by atoms with Crippen LogP contribution in [0, 0.1) is 6.92 Å². The maximum absolute atomic E-state index is 12.9. The number of carbonyl (C=O) groups is 2. The van der Waals surface area contributed by atoms with Crippen molar-refractivity contribution in [2.45, 2.75) is 11.8 Å². The summed E-state index contributed by atoms with van der Waals surface area (Å²) in [5.41, 5.74) is 0.952. The highest BCUT2D eigenvalue weighted by atomic mass is 35.5. The van der Waals surface area contributed by atoms with Gasteiger partial charge in [-0.25, -0.2) is 13.4 Å². The Labute approximate surface area is 197 Å². The molecule has 1 fully saturated rings. The van der Waals surface area contributed by atoms with Gasteiger partial charge in [0.15, 0.2) is 0 Å². The van der Waals surface area contributed by atoms with Gasteiger partial charge >= 0.3 is 0 Å². The third-order valence-corrected chi connectivity index (χ3v) is 7.03. The first-order valence-electron chi connectivity index (χ1n) is 10.2. The molecule has 0 aliphatic carbocycles. The molecule has 12 heteroatoms. The number of benzene rings is 1. The Morgan fingerprint density at radius 3 is 2.45 bits per heavy atom. The van der Waals surface area contributed by atoms with Gasteiger partial charge in [-0.2, -0.15) is 4.31 Å². The SMILES string of the molecule is Cc1cccc(NC(=O)CN(C)CC(=O)Nc2cc(S(=O)(=O)N3CCOCC3)ccc2Cl)n1. The molecule has 1 aromatic carbocycles. The van der Waals surface area contributed by atoms with E-state index in [4.69, 9.17) is 16.3 Å². The maximum atomic E-state index is 12.9. The van der Waals surface area contributed by atoms with Crippen LogP contribution in [0.5, 0.6) is 0 Å². The Balaban J connectivity index is 1.59. The lowest BCUT2D eigenvalue weighted by Gasteiger charge is -2.26. The molecule has 0 radical (unpaired) electrons. The number of pyridine rings is 1. The zero-order valence-corrected chi connectivity index (χ0v) is 19.9. The van der Waals surface area contributed by atoms with E-state index in [9.17, 15) is 18.0 Å². The summed E-state index contributed by atoms with van der Waals surface area (Å²) in [6.45, 7) is 2.85. The molecule has 2 aromatic rings. The van der Waals surface area contributed by atoms with Crippen LogP contribution in [-0.4, -0.2) is 80.9 Å². The van der Waals surface area contributed by atoms with E-state index in [1.54, 1.807) is 19.2 Å². The number of sulfonamides is 1. The third-order valence-electron chi connectivity index (χ3n) is 4.80. The predicted octanol–water partition coefficient (Wildman–Crippen LogP) is 1.57. The molecule has 178 valence electrons. The number of aryl methyl sites for hydroxylation is 1. The number of hydrogen-bond donors (Lipinski definition) is 2. The molecule has 0 unspecified atom stereocenters. The molecule has 2 heterocycles. The minimum Gasteiger partial charge on any atom is -0.379 e. The highest BCUT2D eigenvalue weighted by Gasteiger charge is 2.27. The molecule has 0 spiro atoms. The Morgan fingerprint density at radius 2 is 1.79 bits per heavy atom. The molecule has 3 rings (SSSR count). The highest BCUT2D eigenvalue weighted by molar-refractivity contribution is 7.89. The first kappa shape index (κ1) is 25.1. The van der Waals surface area contributed by atoms with E-state index in [2.05, 4.69) is 15.6 Å². The molecule has 2 amide bonds. The molecular weight excluding hydrogens is 470 g/mol. The van der Waals surface area contributed by atoms with Crippen molar-refractivity contribution in [2.24, 2.45) is 0 Å². The van der Waals surface area contributed by atoms with E-state index in [0.29, 0.717) is 19.0 Å². The van der Waals surface area contributed by atoms with E-state index < -0.39 is 15.9 Å². The summed E-state index contributed by atoms with van der Waals surface area (Å²) in [6.07, 6.45) is 0. The summed E-state index contributed by atoms with van der Waals surface area (Å²) in [4.78, 5) is 30.4. The van der Waals surface area contributed by atoms with Crippen molar-refractivity contribution in [2.75, 3.05) is 57.1 Å². The van der Waals surface area contributed by atoms with E-state index in [0.717, 1.165) is 5.69 Å². The van der Waals surface area contributed by atoms with Crippen LogP contribution in [-0.2, 0) is 24.3 Å². The van der Waals surface area contributed by atoms with Crippen molar-refractivity contribution in [3.8, 4) is 0 Å². The quantitative estimate of drug-likeness (QED) is 0.570. The van der Waals surface area contributed by atoms with Crippen molar-refractivity contribution in [3.63, 3.8) is 0 Å². The number of anilines is 2. The first-order chi connectivity index (χ1) is 15.6. The number of morpholine rings is 1. The number of carbonyl (C=O) groups excluding carboxylic acids is 2. The molecule has 1 aliphatic rings. The molecule has 33 heavy (non-hydrogen) atoms. The summed E-state index contributed by atoms with van der Waals surface area (Å²) in [6, 6.07) is 9.44. The summed E-state index contributed by atoms with van der Waals surface area (Å²) in [7, 11) is -2.12. The van der Waals surface area contributed by atoms with E-state index >= 15 is 0 Å². The first-order valence-corrected chi connectivity index (χ1v) is 12.1. The fourth-order valence-electron chi connectivity index (χ4n) is 3.23. The largest absolute Gasteiger partial charge is 0.379 e. The molecular formula is C21H26ClN5O5S. The van der Waals surface area contributed by atoms with Crippen LogP contribution in [0.25, 0.3) is 0 Å². The maximum Gasteiger partial charge on any atom is 0.243 e. The van der Waals surface area contributed by atoms with Crippen LogP contribution in [0.4, 0.5) is 11.5 Å². The minimum absolute atomic E-state index is 0.0301. The fraction of sp³-hybridized carbons (Fsp3) is 0.381. The van der Waals surface area contributed by atoms with Gasteiger partial charge in [-0.05, 0) is 44.3 Å². The van der Waals surface area contributed by atoms with Gasteiger partial charge in [0.25, 0.3) is 0 Å². The fourth-order valence-corrected chi connectivity index (χ4v) is 4.83. The van der Waals surface area contributed by atoms with Crippen LogP contribution >= 0.6 is 11.6 Å². The lowest BCUT2D eigenvalue weighted by molar-refractivity contribution is -0.119. The Hall–Kier alpha value is -2.57. The Morgan fingerprint density at radius 1 is 1.12 bits per heavy atom. The average Bonchev–Trinajstić information content (AvgIpc) is 2.75. The second kappa shape index (κ2) is 11.0. The average molecular weight is 496 g/mol. The van der Waals surface area contributed by atoms with Crippen LogP contribution in [0.3, 0.4) is 0 Å². The van der Waals surface area contributed by atoms with Crippen LogP contribution in [0.2, 0.25) is 5.02 Å². The molecule has 1 aromatic heterocycles. The third kappa shape index (κ3) is 6.95. The highest BCUT2D eigenvalue weighted by Crippen LogP contribution is 2.27. The molecule has 1 saturated heterocycles. The topological polar surface area (TPSA) is 121 Å². The van der Waals surface area contributed by atoms with Gasteiger partial charge in [-0.3, -0.25) is 14.5 Å². The second-order valence-corrected chi connectivity index (χ2v) is 9.94. The van der Waals surface area contributed by atoms with Crippen molar-refractivity contribution in [3.05, 3.63) is 47.1 Å². The Bertz CT molecular complexity index is 1120. The molecule has 0 bridgehead atoms. The van der Waals surface area contributed by atoms with Gasteiger partial charge in [0.1, 0.15) is 5.82 Å². The lowest BCUT2D eigenvalue weighted by Crippen LogP contribution is -2.40. The van der Waals surface area contributed by atoms with Crippen LogP contribution in [0.1, 0.15) is 5.69 Å². The van der Waals surface area contributed by atoms with Gasteiger partial charge in [0, 0.05) is 18.8 Å². The summed E-state index contributed by atoms with van der Waals surface area (Å²) in [5, 5.41) is 5.50. The summed E-state index contributed by atoms with van der Waals surface area (Å²) >= 11 is 6.17. The van der Waals surface area contributed by atoms with Gasteiger partial charge in [0.2, 0.25) is 21.8 Å². The molecule has 1 aliphatic heterocycles. The summed E-state index contributed by atoms with van der Waals surface area (Å²) < 4.78 is 32.3. The van der Waals surface area contributed by atoms with Crippen molar-refractivity contribution >= 4 is 44.9 Å². The second-order valence-electron chi connectivity index (χ2n) is 7.59. The number of amides is 2. The molecule has 0 atom stereocenters. The van der Waals surface area contributed by atoms with Crippen LogP contribution in [0.15, 0.2) is 41.3 Å². The van der Waals surface area contributed by atoms with Gasteiger partial charge in [-0.15, -0.1) is 0 Å². The summed E-state index contributed by atoms with van der Waals surface area (Å²) in [5.74, 6) is -0.329. The number of nitrogens with zero attached hydrogens (tertiary/aromatic N) is 3. The van der Waals surface area contributed by atoms with Crippen LogP contribution < -0.4 is 10.6 Å². The number of hydrogen-bond acceptors (Lipinski definition) is 7. The van der Waals surface area contributed by atoms with Gasteiger partial charge in [0.05, 0.1) is 41.9 Å². The number of likely N-dealkylation sites (N-methyl/N-ethyl adjacent to an activating group) is 1. The standard InChI is InChI=1S/C21H26ClN5O5S/c1-15-4-3-5-19(23-15)25-21(29)14-26(2)13-20(28)24-18-12-16(6-7-17(18)22)33(30,31)27-8-10-32-11-9-27/h3-7,12H,8-11,13-14H2,1-2H3,(H,24,28)(H,23,25,29). The van der Waals surface area contributed by atoms with E-state index in [1.807, 2.05) is 13.0 Å². The van der Waals surface area contributed by atoms with Crippen molar-refractivity contribution in [1.29, 1.82) is 0 Å². The van der Waals surface area contributed by atoms with Gasteiger partial charge in [-0.1, -0.05) is 17.7 Å². The van der Waals surface area contributed by atoms with Crippen molar-refractivity contribution in [1.82, 2.24) is 14.2 Å². The van der Waals surface area contributed by atoms with Gasteiger partial charge < -0.3 is 15.4 Å². The molecule has 2 N–H and O–H groups in total. The molecule has 0 saturated carbocycles. The predicted molar refractivity (Wildman–Crippen MR) is 125 cm³/mol. The number of rotatable bonds is 8. The number of nitrogens with one attached hydrogen (secondary N) is 2. The Kier molecular flexibility index (Phi) is 8.38. The van der Waals surface area contributed by atoms with E-state index in [-0.39, 0.29) is 47.7 Å². The number of aromatic nitrogens is 1. The zero-order chi connectivity index (χ0) is 24.0. The lowest BCUT2D eigenvalue weighted by atomic mass is 10.3. The van der Waals surface area contributed by atoms with Crippen molar-refractivity contribution < 1.29 is 22.7 Å². The van der Waals surface area contributed by atoms with E-state index in [1.165, 1.54) is 27.4 Å². The minimum atomic E-state index is -3.73. The zero-order valence-electron chi connectivity index (χ0n) is 18.4. The number of halogens is 1. The number of ether oxygens (including phenoxy) is 1. The smallest absolute Gasteiger partial charge is 0.243 e. The monoisotopic (exact) mass is 495 g/mol.